The molecule has 3 nitrogen and oxygen atoms in total. The maximum Gasteiger partial charge on any atom is 0.323 e. The smallest absolute Gasteiger partial charge is 0.323 e. The monoisotopic (exact) mass is 209 g/mol. The molecule has 3 heteroatoms. The van der Waals surface area contributed by atoms with E-state index in [0.29, 0.717) is 6.61 Å². The molecule has 1 aliphatic carbocycles. The van der Waals surface area contributed by atoms with Crippen LogP contribution in [0, 0.1) is 11.8 Å². The molecule has 2 saturated heterocycles. The summed E-state index contributed by atoms with van der Waals surface area (Å²) >= 11 is 0. The Bertz CT molecular complexity index is 266. The highest BCUT2D eigenvalue weighted by atomic mass is 16.5. The van der Waals surface area contributed by atoms with Crippen LogP contribution in [-0.4, -0.2) is 36.6 Å². The molecule has 2 heterocycles. The zero-order chi connectivity index (χ0) is 10.3. The second-order valence-corrected chi connectivity index (χ2v) is 5.22. The molecule has 15 heavy (non-hydrogen) atoms. The SMILES string of the molecule is O=C1OCCN2CC3CCCCC3C[C@@H]12. The number of hydrogen-bond donors (Lipinski definition) is 0. The van der Waals surface area contributed by atoms with Crippen LogP contribution in [0.3, 0.4) is 0 Å². The molecule has 2 unspecified atom stereocenters. The minimum absolute atomic E-state index is 0.0327. The zero-order valence-corrected chi connectivity index (χ0v) is 9.15. The Morgan fingerprint density at radius 2 is 2.00 bits per heavy atom. The average Bonchev–Trinajstić information content (AvgIpc) is 2.27. The Labute approximate surface area is 90.8 Å². The average molecular weight is 209 g/mol. The number of nitrogens with zero attached hydrogens (tertiary/aromatic N) is 1. The number of morpholine rings is 1. The van der Waals surface area contributed by atoms with Gasteiger partial charge >= 0.3 is 5.97 Å². The first kappa shape index (κ1) is 9.64. The molecule has 0 radical (unpaired) electrons. The van der Waals surface area contributed by atoms with Gasteiger partial charge in [-0.15, -0.1) is 0 Å². The number of hydrogen-bond acceptors (Lipinski definition) is 3. The standard InChI is InChI=1S/C12H19NO2/c14-12-11-7-9-3-1-2-4-10(9)8-13(11)5-6-15-12/h9-11H,1-8H2/t9?,10?,11-/m0/s1. The van der Waals surface area contributed by atoms with E-state index in [1.807, 2.05) is 0 Å². The molecule has 0 bridgehead atoms. The summed E-state index contributed by atoms with van der Waals surface area (Å²) < 4.78 is 5.15. The van der Waals surface area contributed by atoms with Crippen LogP contribution in [0.4, 0.5) is 0 Å². The molecule has 84 valence electrons. The summed E-state index contributed by atoms with van der Waals surface area (Å²) in [6.45, 7) is 2.71. The molecule has 0 spiro atoms. The van der Waals surface area contributed by atoms with Crippen molar-refractivity contribution in [1.29, 1.82) is 0 Å². The summed E-state index contributed by atoms with van der Waals surface area (Å²) in [5, 5.41) is 0. The summed E-state index contributed by atoms with van der Waals surface area (Å²) in [4.78, 5) is 14.0. The Balaban J connectivity index is 1.74. The molecule has 1 saturated carbocycles. The molecule has 3 aliphatic rings. The van der Waals surface area contributed by atoms with Crippen molar-refractivity contribution in [2.24, 2.45) is 11.8 Å². The predicted molar refractivity (Wildman–Crippen MR) is 56.4 cm³/mol. The number of fused-ring (bicyclic) bond motifs is 2. The highest BCUT2D eigenvalue weighted by molar-refractivity contribution is 5.76. The van der Waals surface area contributed by atoms with Crippen molar-refractivity contribution >= 4 is 5.97 Å². The molecule has 0 amide bonds. The van der Waals surface area contributed by atoms with Crippen LogP contribution in [0.1, 0.15) is 32.1 Å². The topological polar surface area (TPSA) is 29.5 Å². The molecular weight excluding hydrogens is 190 g/mol. The molecule has 2 aliphatic heterocycles. The Kier molecular flexibility index (Phi) is 2.43. The predicted octanol–water partition coefficient (Wildman–Crippen LogP) is 1.42. The quantitative estimate of drug-likeness (QED) is 0.565. The van der Waals surface area contributed by atoms with Crippen LogP contribution in [0.2, 0.25) is 0 Å². The van der Waals surface area contributed by atoms with Crippen LogP contribution in [-0.2, 0) is 9.53 Å². The molecule has 0 aromatic carbocycles. The highest BCUT2D eigenvalue weighted by Gasteiger charge is 2.42. The van der Waals surface area contributed by atoms with Crippen LogP contribution >= 0.6 is 0 Å². The van der Waals surface area contributed by atoms with E-state index in [1.165, 1.54) is 25.7 Å². The van der Waals surface area contributed by atoms with E-state index in [4.69, 9.17) is 4.74 Å². The lowest BCUT2D eigenvalue weighted by atomic mass is 9.73. The Morgan fingerprint density at radius 1 is 1.20 bits per heavy atom. The lowest BCUT2D eigenvalue weighted by Gasteiger charge is -2.46. The summed E-state index contributed by atoms with van der Waals surface area (Å²) in [6, 6.07) is 0.0955. The van der Waals surface area contributed by atoms with Crippen LogP contribution in [0.25, 0.3) is 0 Å². The first-order chi connectivity index (χ1) is 7.34. The van der Waals surface area contributed by atoms with Gasteiger partial charge in [-0.3, -0.25) is 9.69 Å². The number of carbonyl (C=O) groups excluding carboxylic acids is 1. The van der Waals surface area contributed by atoms with E-state index in [1.54, 1.807) is 0 Å². The van der Waals surface area contributed by atoms with Crippen molar-refractivity contribution in [3.63, 3.8) is 0 Å². The maximum atomic E-state index is 11.6. The van der Waals surface area contributed by atoms with Gasteiger partial charge in [0.05, 0.1) is 0 Å². The maximum absolute atomic E-state index is 11.6. The summed E-state index contributed by atoms with van der Waals surface area (Å²) in [5.41, 5.74) is 0. The fourth-order valence-corrected chi connectivity index (χ4v) is 3.55. The van der Waals surface area contributed by atoms with Crippen LogP contribution in [0.5, 0.6) is 0 Å². The van der Waals surface area contributed by atoms with Gasteiger partial charge in [0.15, 0.2) is 0 Å². The molecule has 0 N–H and O–H groups in total. The fourth-order valence-electron chi connectivity index (χ4n) is 3.55. The molecule has 3 atom stereocenters. The van der Waals surface area contributed by atoms with Crippen molar-refractivity contribution < 1.29 is 9.53 Å². The van der Waals surface area contributed by atoms with Gasteiger partial charge < -0.3 is 4.74 Å². The van der Waals surface area contributed by atoms with E-state index >= 15 is 0 Å². The first-order valence-electron chi connectivity index (χ1n) is 6.25. The third-order valence-electron chi connectivity index (χ3n) is 4.40. The summed E-state index contributed by atoms with van der Waals surface area (Å²) in [6.07, 6.45) is 6.53. The van der Waals surface area contributed by atoms with Gasteiger partial charge in [-0.05, 0) is 24.7 Å². The van der Waals surface area contributed by atoms with Crippen LogP contribution < -0.4 is 0 Å². The third kappa shape index (κ3) is 1.67. The number of ether oxygens (including phenoxy) is 1. The Hall–Kier alpha value is -0.570. The molecule has 3 rings (SSSR count). The van der Waals surface area contributed by atoms with Crippen molar-refractivity contribution in [2.75, 3.05) is 19.7 Å². The van der Waals surface area contributed by atoms with E-state index in [-0.39, 0.29) is 12.0 Å². The van der Waals surface area contributed by atoms with Crippen LogP contribution in [0.15, 0.2) is 0 Å². The van der Waals surface area contributed by atoms with Gasteiger partial charge in [0.2, 0.25) is 0 Å². The summed E-state index contributed by atoms with van der Waals surface area (Å²) in [5.74, 6) is 1.69. The molecular formula is C12H19NO2. The van der Waals surface area contributed by atoms with E-state index < -0.39 is 0 Å². The summed E-state index contributed by atoms with van der Waals surface area (Å²) in [7, 11) is 0. The van der Waals surface area contributed by atoms with Crippen molar-refractivity contribution in [3.8, 4) is 0 Å². The van der Waals surface area contributed by atoms with Crippen molar-refractivity contribution in [3.05, 3.63) is 0 Å². The van der Waals surface area contributed by atoms with Gasteiger partial charge in [0.1, 0.15) is 12.6 Å². The van der Waals surface area contributed by atoms with E-state index in [0.717, 1.165) is 31.3 Å². The first-order valence-corrected chi connectivity index (χ1v) is 6.25. The number of rotatable bonds is 0. The van der Waals surface area contributed by atoms with E-state index in [9.17, 15) is 4.79 Å². The molecule has 0 aromatic heterocycles. The zero-order valence-electron chi connectivity index (χ0n) is 9.15. The third-order valence-corrected chi connectivity index (χ3v) is 4.40. The number of piperidine rings is 1. The minimum Gasteiger partial charge on any atom is -0.463 e. The number of cyclic esters (lactones) is 1. The molecule has 0 aromatic rings. The lowest BCUT2D eigenvalue weighted by molar-refractivity contribution is -0.162. The molecule has 3 fully saturated rings. The highest BCUT2D eigenvalue weighted by Crippen LogP contribution is 2.39. The van der Waals surface area contributed by atoms with Gasteiger partial charge in [0, 0.05) is 13.1 Å². The second kappa shape index (κ2) is 3.78. The normalized spacial score (nSPS) is 41.6. The fraction of sp³-hybridized carbons (Fsp3) is 0.917. The Morgan fingerprint density at radius 3 is 2.87 bits per heavy atom. The number of esters is 1. The van der Waals surface area contributed by atoms with Gasteiger partial charge in [0.25, 0.3) is 0 Å². The minimum atomic E-state index is 0.0327. The second-order valence-electron chi connectivity index (χ2n) is 5.22. The van der Waals surface area contributed by atoms with Gasteiger partial charge in [-0.1, -0.05) is 19.3 Å². The van der Waals surface area contributed by atoms with Crippen molar-refractivity contribution in [2.45, 2.75) is 38.1 Å². The van der Waals surface area contributed by atoms with Gasteiger partial charge in [-0.2, -0.15) is 0 Å². The number of carbonyl (C=O) groups is 1. The van der Waals surface area contributed by atoms with Gasteiger partial charge in [-0.25, -0.2) is 0 Å². The largest absolute Gasteiger partial charge is 0.463 e. The van der Waals surface area contributed by atoms with E-state index in [2.05, 4.69) is 4.90 Å². The van der Waals surface area contributed by atoms with Crippen molar-refractivity contribution in [1.82, 2.24) is 4.90 Å². The lowest BCUT2D eigenvalue weighted by Crippen LogP contribution is -2.56.